The predicted octanol–water partition coefficient (Wildman–Crippen LogP) is -8.50. The number of carbonyl (C=O) groups excluding carboxylic acids is 17. The maximum atomic E-state index is 15.2. The summed E-state index contributed by atoms with van der Waals surface area (Å²) in [5.41, 5.74) is 29.5. The molecule has 4 aromatic rings. The van der Waals surface area contributed by atoms with Gasteiger partial charge in [-0.2, -0.15) is 0 Å². The van der Waals surface area contributed by atoms with Crippen LogP contribution in [0.2, 0.25) is 0 Å². The molecule has 0 heterocycles. The van der Waals surface area contributed by atoms with Crippen LogP contribution in [-0.4, -0.2) is 303 Å². The van der Waals surface area contributed by atoms with Crippen molar-refractivity contribution >= 4 is 118 Å². The number of amides is 17. The van der Waals surface area contributed by atoms with Crippen molar-refractivity contribution in [2.24, 2.45) is 40.5 Å². The number of hydrogen-bond acceptors (Lipinski definition) is 26. The number of aliphatic hydroxyl groups excluding tert-OH is 5. The Kier molecular flexibility index (Phi) is 50.0. The van der Waals surface area contributed by atoms with Crippen molar-refractivity contribution in [1.29, 1.82) is 10.8 Å². The number of benzene rings is 4. The highest BCUT2D eigenvalue weighted by molar-refractivity contribution is 6.02. The Morgan fingerprint density at radius 3 is 0.978 bits per heavy atom. The molecular weight excluding hydrogens is 1800 g/mol. The number of aliphatic carboxylic acids is 1. The van der Waals surface area contributed by atoms with Crippen molar-refractivity contribution in [3.63, 3.8) is 0 Å². The third-order valence-corrected chi connectivity index (χ3v) is 21.4. The minimum atomic E-state index is -2.01. The Labute approximate surface area is 797 Å². The Morgan fingerprint density at radius 2 is 0.638 bits per heavy atom. The van der Waals surface area contributed by atoms with Crippen LogP contribution in [0.15, 0.2) is 121 Å². The van der Waals surface area contributed by atoms with Crippen LogP contribution in [0.5, 0.6) is 0 Å². The fourth-order valence-electron chi connectivity index (χ4n) is 14.1. The standard InChI is InChI=1S/C90H134N24O24/c1-47(2)37-60(104-73(122)56(91)44-115)78(127)112-68(46-117)87(136)114(8)72(51(7)119)86(135)110-64(41-54-27-17-11-18-28-54)81(130)107-62(39-52-23-13-9-14-24-52)79(128)101-57(31-21-35-98-89(94)95)75(124)105-61(38-48(3)4)77(126)106-63(40-53-25-15-10-16-26-53)80(129)109-66(43-70(93)121)82(131)102-58(32-22-36-99-90(96)97)76(125)111-67(45-116)84(133)108-65(42-55-29-19-12-20-30-55)83(132)113-71(50(6)118)85(134)103-59(33-34-69(92)120)74(123)100-49(5)88(137)138/h9-20,23-30,47-51,56-68,71-72,115-119H,21-22,31-46,91H2,1-8H3,(H2,92,120)(H2,93,121)(H,100,123)(H,101,128)(H,102,131)(H,103,134)(H,104,122)(H,105,124)(H,106,126)(H,107,130)(H,108,133)(H,109,129)(H,110,135)(H,111,125)(H,112,127)(H,113,132)(H,137,138)(H4,94,95,98)(H4,96,97,99)/t49-,50+,51+,56-,57-,58-,59-,60-,61-,62-,63-,64-,65-,66-,67-,68-,71-,72-/m0/s1. The molecule has 0 saturated carbocycles. The summed E-state index contributed by atoms with van der Waals surface area (Å²) in [6.45, 7) is 6.94. The van der Waals surface area contributed by atoms with Gasteiger partial charge in [0, 0.05) is 52.2 Å². The summed E-state index contributed by atoms with van der Waals surface area (Å²) in [5.74, 6) is -21.8. The number of carboxylic acid groups (broad SMARTS) is 1. The van der Waals surface area contributed by atoms with E-state index in [1.54, 1.807) is 149 Å². The summed E-state index contributed by atoms with van der Waals surface area (Å²) in [5, 5.41) is 117. The lowest BCUT2D eigenvalue weighted by atomic mass is 9.99. The van der Waals surface area contributed by atoms with Gasteiger partial charge in [-0.05, 0) is 99.8 Å². The van der Waals surface area contributed by atoms with Crippen molar-refractivity contribution in [3.05, 3.63) is 144 Å². The summed E-state index contributed by atoms with van der Waals surface area (Å²) in [6.07, 6.45) is -7.74. The number of nitrogens with one attached hydrogen (secondary N) is 18. The summed E-state index contributed by atoms with van der Waals surface area (Å²) < 4.78 is 0. The van der Waals surface area contributed by atoms with Crippen LogP contribution < -0.4 is 114 Å². The van der Waals surface area contributed by atoms with E-state index in [9.17, 15) is 93.0 Å². The number of aliphatic hydroxyl groups is 5. The topological polar surface area (TPSA) is 802 Å². The van der Waals surface area contributed by atoms with Gasteiger partial charge in [-0.25, -0.2) is 0 Å². The molecule has 0 radical (unpaired) electrons. The largest absolute Gasteiger partial charge is 0.480 e. The lowest BCUT2D eigenvalue weighted by molar-refractivity contribution is -0.147. The van der Waals surface area contributed by atoms with Crippen molar-refractivity contribution in [2.45, 2.75) is 241 Å². The van der Waals surface area contributed by atoms with E-state index in [1.165, 1.54) is 0 Å². The van der Waals surface area contributed by atoms with Crippen LogP contribution in [0.25, 0.3) is 0 Å². The van der Waals surface area contributed by atoms with Crippen LogP contribution in [0.4, 0.5) is 0 Å². The van der Waals surface area contributed by atoms with E-state index in [1.807, 2.05) is 0 Å². The van der Waals surface area contributed by atoms with E-state index < -0.39 is 279 Å². The molecule has 0 spiro atoms. The van der Waals surface area contributed by atoms with E-state index in [0.717, 1.165) is 32.7 Å². The van der Waals surface area contributed by atoms with Crippen molar-refractivity contribution < 1.29 is 117 Å². The molecule has 18 atom stereocenters. The predicted molar refractivity (Wildman–Crippen MR) is 500 cm³/mol. The van der Waals surface area contributed by atoms with Crippen molar-refractivity contribution in [1.82, 2.24) is 90.0 Å². The van der Waals surface area contributed by atoms with Gasteiger partial charge in [0.2, 0.25) is 100 Å². The van der Waals surface area contributed by atoms with E-state index in [0.29, 0.717) is 22.3 Å². The number of carboxylic acids is 1. The van der Waals surface area contributed by atoms with Crippen LogP contribution in [-0.2, 0) is 112 Å². The molecule has 758 valence electrons. The van der Waals surface area contributed by atoms with Gasteiger partial charge in [0.1, 0.15) is 96.7 Å². The zero-order valence-corrected chi connectivity index (χ0v) is 78.2. The smallest absolute Gasteiger partial charge is 0.325 e. The molecule has 0 aliphatic heterocycles. The highest BCUT2D eigenvalue weighted by Crippen LogP contribution is 2.18. The zero-order valence-electron chi connectivity index (χ0n) is 78.2. The normalized spacial score (nSPS) is 15.0. The zero-order chi connectivity index (χ0) is 103. The molecule has 4 rings (SSSR count). The van der Waals surface area contributed by atoms with Gasteiger partial charge in [-0.3, -0.25) is 97.1 Å². The molecule has 0 bridgehead atoms. The SMILES string of the molecule is CC(C)C[C@H](NC(=O)[C@H](CCCNC(=N)N)NC(=O)[C@H](Cc1ccccc1)NC(=O)[C@H](Cc1ccccc1)NC(=O)[C@H]([C@@H](C)O)N(C)C(=O)[C@H](CO)NC(=O)[C@H](CC(C)C)NC(=O)[C@@H](N)CO)C(=O)N[C@@H](Cc1ccccc1)C(=O)N[C@@H](CC(N)=O)C(=O)N[C@@H](CCCNC(=N)N)C(=O)N[C@@H](CO)C(=O)N[C@@H](Cc1ccccc1)C(=O)N[C@H](C(=O)N[C@@H](CCC(N)=O)C(=O)N[C@@H](C)C(=O)O)[C@@H](C)O. The molecule has 0 aliphatic carbocycles. The van der Waals surface area contributed by atoms with Crippen LogP contribution in [0.1, 0.15) is 129 Å². The number of rotatable bonds is 61. The maximum Gasteiger partial charge on any atom is 0.325 e. The first-order valence-corrected chi connectivity index (χ1v) is 44.7. The molecule has 48 heteroatoms. The van der Waals surface area contributed by atoms with Gasteiger partial charge in [0.25, 0.3) is 0 Å². The minimum Gasteiger partial charge on any atom is -0.480 e. The average molecular weight is 1940 g/mol. The first-order valence-electron chi connectivity index (χ1n) is 44.7. The van der Waals surface area contributed by atoms with Gasteiger partial charge in [0.05, 0.1) is 38.4 Å². The first kappa shape index (κ1) is 116. The molecule has 0 fully saturated rings. The molecule has 0 aliphatic rings. The van der Waals surface area contributed by atoms with Crippen LogP contribution in [0, 0.1) is 22.7 Å². The van der Waals surface area contributed by atoms with Gasteiger partial charge < -0.3 is 149 Å². The van der Waals surface area contributed by atoms with E-state index in [-0.39, 0.29) is 76.8 Å². The van der Waals surface area contributed by atoms with Gasteiger partial charge >= 0.3 is 5.97 Å². The quantitative estimate of drug-likeness (QED) is 0.0111. The highest BCUT2D eigenvalue weighted by Gasteiger charge is 2.42. The second-order valence-corrected chi connectivity index (χ2v) is 34.0. The minimum absolute atomic E-state index is 0.00697. The second-order valence-electron chi connectivity index (χ2n) is 34.0. The number of primary amides is 2. The highest BCUT2D eigenvalue weighted by atomic mass is 16.4. The fraction of sp³-hybridized carbons (Fsp3) is 0.511. The third kappa shape index (κ3) is 41.5. The third-order valence-electron chi connectivity index (χ3n) is 21.4. The second kappa shape index (κ2) is 59.5. The number of nitrogens with zero attached hydrogens (tertiary/aromatic N) is 1. The van der Waals surface area contributed by atoms with Gasteiger partial charge in [0.15, 0.2) is 11.9 Å². The monoisotopic (exact) mass is 1940 g/mol. The molecule has 34 N–H and O–H groups in total. The number of guanidine groups is 2. The molecule has 0 unspecified atom stereocenters. The maximum absolute atomic E-state index is 15.2. The van der Waals surface area contributed by atoms with Crippen LogP contribution >= 0.6 is 0 Å². The van der Waals surface area contributed by atoms with Crippen molar-refractivity contribution in [3.8, 4) is 0 Å². The molecule has 0 aromatic heterocycles. The Balaban J connectivity index is 1.72. The lowest BCUT2D eigenvalue weighted by Gasteiger charge is -2.33. The van der Waals surface area contributed by atoms with Gasteiger partial charge in [-0.1, -0.05) is 149 Å². The Bertz CT molecular complexity index is 4760. The summed E-state index contributed by atoms with van der Waals surface area (Å²) in [4.78, 5) is 253. The Hall–Kier alpha value is -14.4. The van der Waals surface area contributed by atoms with Gasteiger partial charge in [-0.15, -0.1) is 0 Å². The van der Waals surface area contributed by atoms with E-state index in [2.05, 4.69) is 85.1 Å². The number of hydrogen-bond donors (Lipinski definition) is 29. The van der Waals surface area contributed by atoms with Crippen LogP contribution in [0.3, 0.4) is 0 Å². The summed E-state index contributed by atoms with van der Waals surface area (Å²) in [7, 11) is 1.08. The molecule has 4 aromatic carbocycles. The first-order chi connectivity index (χ1) is 65.2. The molecule has 138 heavy (non-hydrogen) atoms. The molecule has 17 amide bonds. The van der Waals surface area contributed by atoms with E-state index >= 15 is 24.0 Å². The average Bonchev–Trinajstić information content (AvgIpc) is 0.819. The molecule has 48 nitrogen and oxygen atoms in total. The molecular formula is C90H134N24O24. The lowest BCUT2D eigenvalue weighted by Crippen LogP contribution is -2.63. The molecule has 0 saturated heterocycles. The Morgan fingerprint density at radius 1 is 0.341 bits per heavy atom. The fourth-order valence-corrected chi connectivity index (χ4v) is 14.1. The summed E-state index contributed by atoms with van der Waals surface area (Å²) in [6, 6.07) is 5.00. The van der Waals surface area contributed by atoms with E-state index in [4.69, 9.17) is 39.5 Å². The number of likely N-dealkylation sites (N-methyl/N-ethyl adjacent to an activating group) is 1. The number of carbonyl (C=O) groups is 18. The summed E-state index contributed by atoms with van der Waals surface area (Å²) >= 11 is 0. The number of nitrogens with two attached hydrogens (primary N) is 5. The van der Waals surface area contributed by atoms with Crippen molar-refractivity contribution in [2.75, 3.05) is 40.0 Å².